The number of aliphatic hydroxyl groups is 1. The van der Waals surface area contributed by atoms with E-state index in [1.54, 1.807) is 19.2 Å². The van der Waals surface area contributed by atoms with Gasteiger partial charge in [-0.15, -0.1) is 0 Å². The summed E-state index contributed by atoms with van der Waals surface area (Å²) in [5, 5.41) is 16.5. The van der Waals surface area contributed by atoms with Crippen molar-refractivity contribution in [2.45, 2.75) is 57.3 Å². The van der Waals surface area contributed by atoms with Gasteiger partial charge in [-0.1, -0.05) is 24.6 Å². The fraction of sp³-hybridized carbons (Fsp3) is 0.526. The van der Waals surface area contributed by atoms with E-state index in [0.717, 1.165) is 31.2 Å². The first-order valence-electron chi connectivity index (χ1n) is 9.37. The Morgan fingerprint density at radius 2 is 2.04 bits per heavy atom. The Morgan fingerprint density at radius 3 is 2.74 bits per heavy atom. The van der Waals surface area contributed by atoms with Crippen LogP contribution in [0.25, 0.3) is 11.3 Å². The minimum Gasteiger partial charge on any atom is -0.393 e. The van der Waals surface area contributed by atoms with Crippen LogP contribution in [0.3, 0.4) is 0 Å². The molecule has 1 aliphatic carbocycles. The van der Waals surface area contributed by atoms with Crippen LogP contribution in [0.1, 0.15) is 39.0 Å². The number of aromatic nitrogens is 3. The molecule has 6 nitrogen and oxygen atoms in total. The van der Waals surface area contributed by atoms with Crippen molar-refractivity contribution in [2.75, 3.05) is 17.2 Å². The summed E-state index contributed by atoms with van der Waals surface area (Å²) in [4.78, 5) is 13.2. The molecule has 0 bridgehead atoms. The standard InChI is InChI=1S/C19H25ClFN5O/c1-2-12(21)10-22-19-23-11-15(16-4-3-5-17(20)25-16)18(26-19)24-13-6-8-14(27)9-7-13/h3-5,11-14,27H,2,6-10H2,1H3,(H2,22,23,24,26). The zero-order valence-electron chi connectivity index (χ0n) is 15.3. The number of pyridine rings is 1. The second-order valence-corrected chi connectivity index (χ2v) is 7.22. The lowest BCUT2D eigenvalue weighted by atomic mass is 9.93. The Kier molecular flexibility index (Phi) is 6.79. The first-order valence-corrected chi connectivity index (χ1v) is 9.75. The maximum absolute atomic E-state index is 13.5. The van der Waals surface area contributed by atoms with Crippen molar-refractivity contribution in [3.8, 4) is 11.3 Å². The Hall–Kier alpha value is -1.99. The molecule has 1 atom stereocenters. The molecule has 3 rings (SSSR count). The van der Waals surface area contributed by atoms with Crippen LogP contribution in [0.5, 0.6) is 0 Å². The smallest absolute Gasteiger partial charge is 0.224 e. The molecule has 0 saturated heterocycles. The molecular weight excluding hydrogens is 369 g/mol. The summed E-state index contributed by atoms with van der Waals surface area (Å²) in [6.45, 7) is 1.96. The van der Waals surface area contributed by atoms with E-state index < -0.39 is 6.17 Å². The Bertz CT molecular complexity index is 755. The molecule has 1 fully saturated rings. The fourth-order valence-electron chi connectivity index (χ4n) is 3.08. The third-order valence-corrected chi connectivity index (χ3v) is 4.95. The van der Waals surface area contributed by atoms with E-state index in [0.29, 0.717) is 29.0 Å². The van der Waals surface area contributed by atoms with Crippen LogP contribution < -0.4 is 10.6 Å². The maximum atomic E-state index is 13.5. The summed E-state index contributed by atoms with van der Waals surface area (Å²) in [6.07, 6.45) is 4.18. The number of aliphatic hydroxyl groups excluding tert-OH is 1. The fourth-order valence-corrected chi connectivity index (χ4v) is 3.25. The first kappa shape index (κ1) is 19.8. The van der Waals surface area contributed by atoms with Gasteiger partial charge in [-0.2, -0.15) is 4.98 Å². The third-order valence-electron chi connectivity index (χ3n) is 4.74. The molecule has 1 saturated carbocycles. The van der Waals surface area contributed by atoms with Crippen LogP contribution in [0.2, 0.25) is 5.15 Å². The number of nitrogens with one attached hydrogen (secondary N) is 2. The summed E-state index contributed by atoms with van der Waals surface area (Å²) in [7, 11) is 0. The molecule has 2 aromatic heterocycles. The third kappa shape index (κ3) is 5.49. The van der Waals surface area contributed by atoms with Gasteiger partial charge in [-0.25, -0.2) is 14.4 Å². The summed E-state index contributed by atoms with van der Waals surface area (Å²) in [5.74, 6) is 1.01. The lowest BCUT2D eigenvalue weighted by molar-refractivity contribution is 0.126. The minimum absolute atomic E-state index is 0.167. The number of halogens is 2. The van der Waals surface area contributed by atoms with E-state index in [1.165, 1.54) is 0 Å². The van der Waals surface area contributed by atoms with Crippen LogP contribution in [0.4, 0.5) is 16.2 Å². The van der Waals surface area contributed by atoms with Crippen molar-refractivity contribution in [1.29, 1.82) is 0 Å². The highest BCUT2D eigenvalue weighted by atomic mass is 35.5. The molecule has 0 spiro atoms. The predicted molar refractivity (Wildman–Crippen MR) is 106 cm³/mol. The highest BCUT2D eigenvalue weighted by Crippen LogP contribution is 2.29. The zero-order valence-corrected chi connectivity index (χ0v) is 16.1. The van der Waals surface area contributed by atoms with Gasteiger partial charge in [-0.05, 0) is 44.2 Å². The minimum atomic E-state index is -0.945. The van der Waals surface area contributed by atoms with Crippen LogP contribution in [0, 0.1) is 0 Å². The van der Waals surface area contributed by atoms with Crippen LogP contribution in [0.15, 0.2) is 24.4 Å². The molecule has 0 aromatic carbocycles. The van der Waals surface area contributed by atoms with E-state index in [1.807, 2.05) is 12.1 Å². The zero-order chi connectivity index (χ0) is 19.2. The molecule has 0 radical (unpaired) electrons. The van der Waals surface area contributed by atoms with Gasteiger partial charge in [0.1, 0.15) is 17.1 Å². The molecule has 1 unspecified atom stereocenters. The monoisotopic (exact) mass is 393 g/mol. The molecule has 0 amide bonds. The molecule has 146 valence electrons. The normalized spacial score (nSPS) is 20.9. The van der Waals surface area contributed by atoms with E-state index in [4.69, 9.17) is 11.6 Å². The SMILES string of the molecule is CCC(F)CNc1ncc(-c2cccc(Cl)n2)c(NC2CCC(O)CC2)n1. The first-order chi connectivity index (χ1) is 13.0. The highest BCUT2D eigenvalue weighted by Gasteiger charge is 2.21. The van der Waals surface area contributed by atoms with E-state index >= 15 is 0 Å². The van der Waals surface area contributed by atoms with E-state index in [2.05, 4.69) is 25.6 Å². The van der Waals surface area contributed by atoms with Gasteiger partial charge >= 0.3 is 0 Å². The van der Waals surface area contributed by atoms with Gasteiger partial charge in [0.05, 0.1) is 17.4 Å². The van der Waals surface area contributed by atoms with Crippen molar-refractivity contribution in [3.05, 3.63) is 29.5 Å². The van der Waals surface area contributed by atoms with E-state index in [9.17, 15) is 9.50 Å². The lowest BCUT2D eigenvalue weighted by Crippen LogP contribution is -2.29. The molecular formula is C19H25ClFN5O. The number of nitrogens with zero attached hydrogens (tertiary/aromatic N) is 3. The molecule has 1 aliphatic rings. The van der Waals surface area contributed by atoms with Gasteiger partial charge in [0, 0.05) is 18.8 Å². The van der Waals surface area contributed by atoms with Gasteiger partial charge < -0.3 is 15.7 Å². The predicted octanol–water partition coefficient (Wildman–Crippen LogP) is 4.07. The molecule has 0 aliphatic heterocycles. The molecule has 2 heterocycles. The number of rotatable bonds is 7. The van der Waals surface area contributed by atoms with Crippen LogP contribution in [-0.4, -0.2) is 44.9 Å². The topological polar surface area (TPSA) is 83.0 Å². The average Bonchev–Trinajstić information content (AvgIpc) is 2.68. The van der Waals surface area contributed by atoms with Gasteiger partial charge in [0.2, 0.25) is 5.95 Å². The number of anilines is 2. The highest BCUT2D eigenvalue weighted by molar-refractivity contribution is 6.29. The van der Waals surface area contributed by atoms with Crippen molar-refractivity contribution in [3.63, 3.8) is 0 Å². The quantitative estimate of drug-likeness (QED) is 0.615. The second-order valence-electron chi connectivity index (χ2n) is 6.84. The largest absolute Gasteiger partial charge is 0.393 e. The molecule has 2 aromatic rings. The summed E-state index contributed by atoms with van der Waals surface area (Å²) in [5.41, 5.74) is 1.41. The number of hydrogen-bond donors (Lipinski definition) is 3. The molecule has 27 heavy (non-hydrogen) atoms. The summed E-state index contributed by atoms with van der Waals surface area (Å²) < 4.78 is 13.5. The van der Waals surface area contributed by atoms with Crippen LogP contribution in [-0.2, 0) is 0 Å². The maximum Gasteiger partial charge on any atom is 0.224 e. The Labute approximate surface area is 163 Å². The Morgan fingerprint density at radius 1 is 1.26 bits per heavy atom. The van der Waals surface area contributed by atoms with Crippen molar-refractivity contribution in [1.82, 2.24) is 15.0 Å². The van der Waals surface area contributed by atoms with Gasteiger partial charge in [0.15, 0.2) is 0 Å². The number of hydrogen-bond acceptors (Lipinski definition) is 6. The molecule has 8 heteroatoms. The Balaban J connectivity index is 1.85. The second kappa shape index (κ2) is 9.28. The number of alkyl halides is 1. The van der Waals surface area contributed by atoms with Crippen LogP contribution >= 0.6 is 11.6 Å². The van der Waals surface area contributed by atoms with Crippen molar-refractivity contribution >= 4 is 23.4 Å². The van der Waals surface area contributed by atoms with Gasteiger partial charge in [-0.3, -0.25) is 0 Å². The lowest BCUT2D eigenvalue weighted by Gasteiger charge is -2.27. The van der Waals surface area contributed by atoms with Crippen molar-refractivity contribution in [2.24, 2.45) is 0 Å². The molecule has 3 N–H and O–H groups in total. The summed E-state index contributed by atoms with van der Waals surface area (Å²) >= 11 is 6.03. The van der Waals surface area contributed by atoms with Crippen molar-refractivity contribution < 1.29 is 9.50 Å². The average molecular weight is 394 g/mol. The van der Waals surface area contributed by atoms with E-state index in [-0.39, 0.29) is 18.7 Å². The van der Waals surface area contributed by atoms with Gasteiger partial charge in [0.25, 0.3) is 0 Å². The summed E-state index contributed by atoms with van der Waals surface area (Å²) in [6, 6.07) is 5.59.